The van der Waals surface area contributed by atoms with Crippen LogP contribution in [-0.4, -0.2) is 13.0 Å². The lowest BCUT2D eigenvalue weighted by Crippen LogP contribution is -2.14. The van der Waals surface area contributed by atoms with Crippen molar-refractivity contribution in [2.24, 2.45) is 5.73 Å². The molecule has 0 aromatic heterocycles. The molecule has 0 aliphatic rings. The molecule has 1 amide bonds. The Hall–Kier alpha value is -2.40. The fourth-order valence-corrected chi connectivity index (χ4v) is 2.10. The van der Waals surface area contributed by atoms with Gasteiger partial charge in [-0.2, -0.15) is 0 Å². The van der Waals surface area contributed by atoms with Crippen LogP contribution in [0, 0.1) is 0 Å². The minimum Gasteiger partial charge on any atom is -0.497 e. The predicted octanol–water partition coefficient (Wildman–Crippen LogP) is 2.61. The van der Waals surface area contributed by atoms with Crippen molar-refractivity contribution < 1.29 is 14.3 Å². The summed E-state index contributed by atoms with van der Waals surface area (Å²) in [5.41, 5.74) is 12.4. The molecule has 0 unspecified atom stereocenters. The molecule has 21 heavy (non-hydrogen) atoms. The molecule has 6 heteroatoms. The summed E-state index contributed by atoms with van der Waals surface area (Å²) < 4.78 is 10.7. The van der Waals surface area contributed by atoms with E-state index in [-0.39, 0.29) is 22.9 Å². The molecule has 2 rings (SSSR count). The van der Waals surface area contributed by atoms with Crippen molar-refractivity contribution >= 4 is 23.2 Å². The zero-order valence-corrected chi connectivity index (χ0v) is 12.2. The van der Waals surface area contributed by atoms with E-state index in [0.29, 0.717) is 5.69 Å². The van der Waals surface area contributed by atoms with Gasteiger partial charge in [0.05, 0.1) is 17.7 Å². The SMILES string of the molecule is COc1ccc(COc2c(Cl)cc(N)cc2C(N)=O)cc1. The largest absolute Gasteiger partial charge is 0.497 e. The number of ether oxygens (including phenoxy) is 2. The van der Waals surface area contributed by atoms with E-state index in [1.807, 2.05) is 24.3 Å². The Morgan fingerprint density at radius 1 is 1.24 bits per heavy atom. The molecule has 2 aromatic rings. The first kappa shape index (κ1) is 15.0. The smallest absolute Gasteiger partial charge is 0.252 e. The Morgan fingerprint density at radius 2 is 1.90 bits per heavy atom. The van der Waals surface area contributed by atoms with Gasteiger partial charge in [0, 0.05) is 5.69 Å². The summed E-state index contributed by atoms with van der Waals surface area (Å²) in [6.07, 6.45) is 0. The van der Waals surface area contributed by atoms with Crippen molar-refractivity contribution in [2.45, 2.75) is 6.61 Å². The number of halogens is 1. The maximum Gasteiger partial charge on any atom is 0.252 e. The summed E-state index contributed by atoms with van der Waals surface area (Å²) in [6.45, 7) is 0.244. The van der Waals surface area contributed by atoms with E-state index in [2.05, 4.69) is 0 Å². The van der Waals surface area contributed by atoms with Gasteiger partial charge in [0.2, 0.25) is 0 Å². The van der Waals surface area contributed by atoms with E-state index in [1.54, 1.807) is 7.11 Å². The monoisotopic (exact) mass is 306 g/mol. The van der Waals surface area contributed by atoms with Crippen LogP contribution in [-0.2, 0) is 6.61 Å². The zero-order chi connectivity index (χ0) is 15.4. The minimum absolute atomic E-state index is 0.161. The second-order valence-electron chi connectivity index (χ2n) is 4.38. The molecule has 0 atom stereocenters. The average molecular weight is 307 g/mol. The number of hydrogen-bond acceptors (Lipinski definition) is 4. The van der Waals surface area contributed by atoms with Crippen LogP contribution in [0.15, 0.2) is 36.4 Å². The fourth-order valence-electron chi connectivity index (χ4n) is 1.82. The topological polar surface area (TPSA) is 87.6 Å². The van der Waals surface area contributed by atoms with Crippen LogP contribution in [0.2, 0.25) is 5.02 Å². The highest BCUT2D eigenvalue weighted by Gasteiger charge is 2.15. The van der Waals surface area contributed by atoms with Gasteiger partial charge in [-0.15, -0.1) is 0 Å². The lowest BCUT2D eigenvalue weighted by Gasteiger charge is -2.12. The Balaban J connectivity index is 2.20. The van der Waals surface area contributed by atoms with Crippen LogP contribution in [0.5, 0.6) is 11.5 Å². The third kappa shape index (κ3) is 3.58. The number of carbonyl (C=O) groups excluding carboxylic acids is 1. The molecule has 0 saturated heterocycles. The van der Waals surface area contributed by atoms with Gasteiger partial charge in [-0.25, -0.2) is 0 Å². The van der Waals surface area contributed by atoms with E-state index >= 15 is 0 Å². The van der Waals surface area contributed by atoms with Crippen molar-refractivity contribution in [1.29, 1.82) is 0 Å². The number of methoxy groups -OCH3 is 1. The number of carbonyl (C=O) groups is 1. The van der Waals surface area contributed by atoms with Gasteiger partial charge in [0.15, 0.2) is 5.75 Å². The molecule has 0 saturated carbocycles. The van der Waals surface area contributed by atoms with E-state index in [4.69, 9.17) is 32.5 Å². The average Bonchev–Trinajstić information content (AvgIpc) is 2.46. The lowest BCUT2D eigenvalue weighted by molar-refractivity contribution is 0.0996. The summed E-state index contributed by atoms with van der Waals surface area (Å²) in [5, 5.41) is 0.248. The summed E-state index contributed by atoms with van der Waals surface area (Å²) in [6, 6.07) is 10.3. The Labute approximate surface area is 127 Å². The second-order valence-corrected chi connectivity index (χ2v) is 4.79. The summed E-state index contributed by atoms with van der Waals surface area (Å²) in [7, 11) is 1.60. The molecular formula is C15H15ClN2O3. The Morgan fingerprint density at radius 3 is 2.48 bits per heavy atom. The fraction of sp³-hybridized carbons (Fsp3) is 0.133. The van der Waals surface area contributed by atoms with E-state index in [0.717, 1.165) is 11.3 Å². The number of amides is 1. The lowest BCUT2D eigenvalue weighted by atomic mass is 10.1. The Bertz CT molecular complexity index is 657. The van der Waals surface area contributed by atoms with Crippen LogP contribution in [0.25, 0.3) is 0 Å². The first-order valence-electron chi connectivity index (χ1n) is 6.16. The van der Waals surface area contributed by atoms with Crippen LogP contribution >= 0.6 is 11.6 Å². The zero-order valence-electron chi connectivity index (χ0n) is 11.4. The second kappa shape index (κ2) is 6.37. The van der Waals surface area contributed by atoms with Crippen LogP contribution < -0.4 is 20.9 Å². The molecule has 2 aromatic carbocycles. The van der Waals surface area contributed by atoms with Crippen molar-refractivity contribution in [3.63, 3.8) is 0 Å². The molecule has 0 aliphatic heterocycles. The molecule has 0 radical (unpaired) electrons. The molecule has 0 bridgehead atoms. The minimum atomic E-state index is -0.645. The van der Waals surface area contributed by atoms with Crippen molar-refractivity contribution in [3.8, 4) is 11.5 Å². The van der Waals surface area contributed by atoms with Crippen molar-refractivity contribution in [2.75, 3.05) is 12.8 Å². The third-order valence-corrected chi connectivity index (χ3v) is 3.15. The molecule has 4 N–H and O–H groups in total. The first-order valence-corrected chi connectivity index (χ1v) is 6.53. The number of primary amides is 1. The molecule has 110 valence electrons. The van der Waals surface area contributed by atoms with Gasteiger partial charge in [-0.3, -0.25) is 4.79 Å². The number of benzene rings is 2. The number of nitrogens with two attached hydrogens (primary N) is 2. The summed E-state index contributed by atoms with van der Waals surface area (Å²) in [4.78, 5) is 11.4. The van der Waals surface area contributed by atoms with E-state index in [1.165, 1.54) is 12.1 Å². The highest BCUT2D eigenvalue weighted by molar-refractivity contribution is 6.33. The maximum atomic E-state index is 11.4. The van der Waals surface area contributed by atoms with E-state index in [9.17, 15) is 4.79 Å². The number of anilines is 1. The quantitative estimate of drug-likeness (QED) is 0.831. The van der Waals surface area contributed by atoms with Crippen molar-refractivity contribution in [1.82, 2.24) is 0 Å². The highest BCUT2D eigenvalue weighted by Crippen LogP contribution is 2.32. The van der Waals surface area contributed by atoms with E-state index < -0.39 is 5.91 Å². The van der Waals surface area contributed by atoms with Gasteiger partial charge < -0.3 is 20.9 Å². The summed E-state index contributed by atoms with van der Waals surface area (Å²) in [5.74, 6) is 0.338. The van der Waals surface area contributed by atoms with Crippen LogP contribution in [0.1, 0.15) is 15.9 Å². The summed E-state index contributed by atoms with van der Waals surface area (Å²) >= 11 is 6.06. The molecule has 5 nitrogen and oxygen atoms in total. The molecule has 0 aliphatic carbocycles. The van der Waals surface area contributed by atoms with Crippen LogP contribution in [0.4, 0.5) is 5.69 Å². The molecule has 0 fully saturated rings. The van der Waals surface area contributed by atoms with Crippen molar-refractivity contribution in [3.05, 3.63) is 52.5 Å². The third-order valence-electron chi connectivity index (χ3n) is 2.87. The molecular weight excluding hydrogens is 292 g/mol. The predicted molar refractivity (Wildman–Crippen MR) is 81.7 cm³/mol. The highest BCUT2D eigenvalue weighted by atomic mass is 35.5. The molecule has 0 heterocycles. The van der Waals surface area contributed by atoms with Gasteiger partial charge in [-0.05, 0) is 29.8 Å². The first-order chi connectivity index (χ1) is 10.0. The normalized spacial score (nSPS) is 10.2. The Kier molecular flexibility index (Phi) is 4.55. The number of nitrogen functional groups attached to an aromatic ring is 1. The maximum absolute atomic E-state index is 11.4. The van der Waals surface area contributed by atoms with Crippen LogP contribution in [0.3, 0.4) is 0 Å². The van der Waals surface area contributed by atoms with Gasteiger partial charge in [0.25, 0.3) is 5.91 Å². The molecule has 0 spiro atoms. The number of rotatable bonds is 5. The number of hydrogen-bond donors (Lipinski definition) is 2. The van der Waals surface area contributed by atoms with Gasteiger partial charge in [0.1, 0.15) is 12.4 Å². The standard InChI is InChI=1S/C15H15ClN2O3/c1-20-11-4-2-9(3-5-11)8-21-14-12(15(18)19)6-10(17)7-13(14)16/h2-7H,8,17H2,1H3,(H2,18,19). The van der Waals surface area contributed by atoms with Gasteiger partial charge >= 0.3 is 0 Å². The van der Waals surface area contributed by atoms with Gasteiger partial charge in [-0.1, -0.05) is 23.7 Å².